The van der Waals surface area contributed by atoms with Crippen LogP contribution in [0.4, 0.5) is 0 Å². The van der Waals surface area contributed by atoms with E-state index in [9.17, 15) is 13.5 Å². The van der Waals surface area contributed by atoms with Crippen LogP contribution in [0.1, 0.15) is 18.9 Å². The second kappa shape index (κ2) is 5.73. The van der Waals surface area contributed by atoms with Crippen molar-refractivity contribution in [3.8, 4) is 0 Å². The minimum absolute atomic E-state index is 0.0531. The first-order chi connectivity index (χ1) is 9.24. The molecule has 0 amide bonds. The van der Waals surface area contributed by atoms with E-state index in [0.29, 0.717) is 23.1 Å². The molecule has 1 aromatic rings. The van der Waals surface area contributed by atoms with E-state index in [2.05, 4.69) is 20.7 Å². The molecular weight excluding hydrogens is 346 g/mol. The molecule has 0 saturated carbocycles. The lowest BCUT2D eigenvalue weighted by atomic mass is 9.97. The van der Waals surface area contributed by atoms with Crippen LogP contribution in [0.25, 0.3) is 0 Å². The van der Waals surface area contributed by atoms with Gasteiger partial charge in [0.15, 0.2) is 0 Å². The number of nitrogens with one attached hydrogen (secondary N) is 1. The Hall–Kier alpha value is -0.470. The number of ether oxygens (including phenoxy) is 1. The molecule has 0 bridgehead atoms. The maximum Gasteiger partial charge on any atom is 0.240 e. The van der Waals surface area contributed by atoms with Gasteiger partial charge in [0.1, 0.15) is 5.60 Å². The summed E-state index contributed by atoms with van der Waals surface area (Å²) in [6.07, 6.45) is 0.0440. The van der Waals surface area contributed by atoms with Crippen molar-refractivity contribution in [1.82, 2.24) is 4.72 Å². The number of aryl methyl sites for hydroxylation is 1. The van der Waals surface area contributed by atoms with Crippen LogP contribution in [0.2, 0.25) is 0 Å². The summed E-state index contributed by atoms with van der Waals surface area (Å²) < 4.78 is 33.1. The largest absolute Gasteiger partial charge is 0.386 e. The topological polar surface area (TPSA) is 75.6 Å². The van der Waals surface area contributed by atoms with Crippen molar-refractivity contribution in [1.29, 1.82) is 0 Å². The summed E-state index contributed by atoms with van der Waals surface area (Å²) in [4.78, 5) is 0.210. The van der Waals surface area contributed by atoms with E-state index in [1.54, 1.807) is 32.0 Å². The van der Waals surface area contributed by atoms with Gasteiger partial charge in [-0.1, -0.05) is 22.0 Å². The summed E-state index contributed by atoms with van der Waals surface area (Å²) in [5.41, 5.74) is -0.490. The van der Waals surface area contributed by atoms with Gasteiger partial charge in [0.05, 0.1) is 11.0 Å². The molecule has 0 aliphatic carbocycles. The number of aliphatic hydroxyl groups is 1. The molecule has 2 N–H and O–H groups in total. The maximum atomic E-state index is 12.3. The van der Waals surface area contributed by atoms with Crippen LogP contribution in [0.15, 0.2) is 27.6 Å². The number of hydrogen-bond acceptors (Lipinski definition) is 4. The predicted octanol–water partition coefficient (Wildman–Crippen LogP) is 1.58. The molecule has 2 rings (SSSR count). The maximum absolute atomic E-state index is 12.3. The van der Waals surface area contributed by atoms with E-state index in [4.69, 9.17) is 4.74 Å². The average Bonchev–Trinajstić information content (AvgIpc) is 2.71. The molecule has 2 atom stereocenters. The highest BCUT2D eigenvalue weighted by Crippen LogP contribution is 2.26. The molecule has 112 valence electrons. The van der Waals surface area contributed by atoms with Gasteiger partial charge in [-0.15, -0.1) is 0 Å². The molecule has 5 nitrogen and oxygen atoms in total. The molecule has 7 heteroatoms. The monoisotopic (exact) mass is 363 g/mol. The molecule has 1 aromatic carbocycles. The molecule has 0 spiro atoms. The van der Waals surface area contributed by atoms with E-state index in [1.165, 1.54) is 0 Å². The highest BCUT2D eigenvalue weighted by molar-refractivity contribution is 9.10. The second-order valence-corrected chi connectivity index (χ2v) is 7.75. The van der Waals surface area contributed by atoms with Crippen LogP contribution in [-0.4, -0.2) is 38.4 Å². The minimum Gasteiger partial charge on any atom is -0.386 e. The third-order valence-corrected chi connectivity index (χ3v) is 5.70. The van der Waals surface area contributed by atoms with E-state index in [1.807, 2.05) is 0 Å². The Balaban J connectivity index is 2.18. The first kappa shape index (κ1) is 15.9. The van der Waals surface area contributed by atoms with Crippen LogP contribution in [0.5, 0.6) is 0 Å². The lowest BCUT2D eigenvalue weighted by Crippen LogP contribution is -2.47. The summed E-state index contributed by atoms with van der Waals surface area (Å²) in [6, 6.07) is 5.07. The summed E-state index contributed by atoms with van der Waals surface area (Å²) in [7, 11) is -3.66. The van der Waals surface area contributed by atoms with Gasteiger partial charge in [0.2, 0.25) is 10.0 Å². The van der Waals surface area contributed by atoms with Crippen molar-refractivity contribution < 1.29 is 18.3 Å². The SMILES string of the molecule is Cc1ccc(Br)cc1S(=O)(=O)NCC1(O)CCOC1C. The van der Waals surface area contributed by atoms with Crippen molar-refractivity contribution in [3.05, 3.63) is 28.2 Å². The number of hydrogen-bond donors (Lipinski definition) is 2. The molecule has 1 saturated heterocycles. The molecule has 20 heavy (non-hydrogen) atoms. The molecule has 0 radical (unpaired) electrons. The second-order valence-electron chi connectivity index (χ2n) is 5.10. The number of sulfonamides is 1. The number of benzene rings is 1. The average molecular weight is 364 g/mol. The Kier molecular flexibility index (Phi) is 4.56. The highest BCUT2D eigenvalue weighted by Gasteiger charge is 2.40. The zero-order valence-corrected chi connectivity index (χ0v) is 13.8. The molecule has 1 fully saturated rings. The van der Waals surface area contributed by atoms with E-state index in [0.717, 1.165) is 0 Å². The third kappa shape index (κ3) is 3.23. The zero-order chi connectivity index (χ0) is 15.0. The summed E-state index contributed by atoms with van der Waals surface area (Å²) in [6.45, 7) is 3.86. The van der Waals surface area contributed by atoms with E-state index in [-0.39, 0.29) is 17.5 Å². The van der Waals surface area contributed by atoms with Crippen molar-refractivity contribution in [2.24, 2.45) is 0 Å². The number of rotatable bonds is 4. The van der Waals surface area contributed by atoms with E-state index >= 15 is 0 Å². The third-order valence-electron chi connectivity index (χ3n) is 3.67. The predicted molar refractivity (Wildman–Crippen MR) is 79.0 cm³/mol. The Labute approximate surface area is 127 Å². The molecule has 1 aliphatic rings. The molecule has 0 aromatic heterocycles. The van der Waals surface area contributed by atoms with Gasteiger partial charge < -0.3 is 9.84 Å². The highest BCUT2D eigenvalue weighted by atomic mass is 79.9. The fourth-order valence-corrected chi connectivity index (χ4v) is 4.05. The fourth-order valence-electron chi connectivity index (χ4n) is 2.16. The summed E-state index contributed by atoms with van der Waals surface area (Å²) in [5.74, 6) is 0. The minimum atomic E-state index is -3.66. The van der Waals surface area contributed by atoms with Crippen LogP contribution in [0, 0.1) is 6.92 Å². The summed E-state index contributed by atoms with van der Waals surface area (Å²) in [5, 5.41) is 10.3. The van der Waals surface area contributed by atoms with E-state index < -0.39 is 15.6 Å². The molecule has 1 aliphatic heterocycles. The van der Waals surface area contributed by atoms with Crippen LogP contribution < -0.4 is 4.72 Å². The van der Waals surface area contributed by atoms with Crippen molar-refractivity contribution in [2.75, 3.05) is 13.2 Å². The molecular formula is C13H18BrNO4S. The van der Waals surface area contributed by atoms with Gasteiger partial charge in [-0.2, -0.15) is 0 Å². The lowest BCUT2D eigenvalue weighted by Gasteiger charge is -2.26. The quantitative estimate of drug-likeness (QED) is 0.851. The Morgan fingerprint density at radius 1 is 1.55 bits per heavy atom. The standard InChI is InChI=1S/C13H18BrNO4S/c1-9-3-4-11(14)7-12(9)20(17,18)15-8-13(16)5-6-19-10(13)2/h3-4,7,10,15-16H,5-6,8H2,1-2H3. The molecule has 1 heterocycles. The first-order valence-electron chi connectivity index (χ1n) is 6.34. The van der Waals surface area contributed by atoms with Crippen molar-refractivity contribution in [3.63, 3.8) is 0 Å². The van der Waals surface area contributed by atoms with Gasteiger partial charge in [-0.3, -0.25) is 0 Å². The van der Waals surface area contributed by atoms with Crippen molar-refractivity contribution >= 4 is 26.0 Å². The molecule has 2 unspecified atom stereocenters. The van der Waals surface area contributed by atoms with Crippen molar-refractivity contribution in [2.45, 2.75) is 36.9 Å². The van der Waals surface area contributed by atoms with Crippen LogP contribution in [-0.2, 0) is 14.8 Å². The summed E-state index contributed by atoms with van der Waals surface area (Å²) >= 11 is 3.26. The van der Waals surface area contributed by atoms with Crippen LogP contribution in [0.3, 0.4) is 0 Å². The fraction of sp³-hybridized carbons (Fsp3) is 0.538. The Bertz CT molecular complexity index is 604. The Morgan fingerprint density at radius 3 is 2.85 bits per heavy atom. The zero-order valence-electron chi connectivity index (χ0n) is 11.4. The first-order valence-corrected chi connectivity index (χ1v) is 8.62. The normalized spacial score (nSPS) is 26.9. The van der Waals surface area contributed by atoms with Crippen LogP contribution >= 0.6 is 15.9 Å². The number of halogens is 1. The van der Waals surface area contributed by atoms with Gasteiger partial charge in [0, 0.05) is 24.0 Å². The van der Waals surface area contributed by atoms with Gasteiger partial charge >= 0.3 is 0 Å². The Morgan fingerprint density at radius 2 is 2.25 bits per heavy atom. The van der Waals surface area contributed by atoms with Gasteiger partial charge in [-0.05, 0) is 31.5 Å². The van der Waals surface area contributed by atoms with Gasteiger partial charge in [-0.25, -0.2) is 13.1 Å². The van der Waals surface area contributed by atoms with Gasteiger partial charge in [0.25, 0.3) is 0 Å². The smallest absolute Gasteiger partial charge is 0.240 e. The lowest BCUT2D eigenvalue weighted by molar-refractivity contribution is -0.0228.